The van der Waals surface area contributed by atoms with Gasteiger partial charge < -0.3 is 5.32 Å². The first kappa shape index (κ1) is 9.71. The van der Waals surface area contributed by atoms with Crippen LogP contribution >= 0.6 is 15.9 Å². The lowest BCUT2D eigenvalue weighted by atomic mass is 10.2. The molecule has 0 atom stereocenters. The van der Waals surface area contributed by atoms with E-state index in [-0.39, 0.29) is 11.8 Å². The van der Waals surface area contributed by atoms with Crippen molar-refractivity contribution < 1.29 is 4.79 Å². The molecule has 0 spiro atoms. The molecule has 1 aliphatic carbocycles. The fraction of sp³-hybridized carbons (Fsp3) is 0.364. The van der Waals surface area contributed by atoms with Crippen LogP contribution in [-0.4, -0.2) is 5.91 Å². The van der Waals surface area contributed by atoms with E-state index in [4.69, 9.17) is 0 Å². The molecule has 1 N–H and O–H groups in total. The summed E-state index contributed by atoms with van der Waals surface area (Å²) >= 11 is 3.38. The third kappa shape index (κ3) is 2.35. The van der Waals surface area contributed by atoms with E-state index in [2.05, 4.69) is 21.2 Å². The van der Waals surface area contributed by atoms with Gasteiger partial charge in [-0.3, -0.25) is 4.79 Å². The van der Waals surface area contributed by atoms with E-state index in [0.29, 0.717) is 0 Å². The van der Waals surface area contributed by atoms with Gasteiger partial charge in [-0.15, -0.1) is 0 Å². The smallest absolute Gasteiger partial charge is 0.227 e. The Kier molecular flexibility index (Phi) is 2.87. The monoisotopic (exact) mass is 253 g/mol. The summed E-state index contributed by atoms with van der Waals surface area (Å²) in [7, 11) is 0. The summed E-state index contributed by atoms with van der Waals surface area (Å²) in [6.45, 7) is 0. The first-order valence-electron chi connectivity index (χ1n) is 4.75. The highest BCUT2D eigenvalue weighted by atomic mass is 79.9. The molecule has 0 saturated heterocycles. The molecule has 14 heavy (non-hydrogen) atoms. The molecule has 0 unspecified atom stereocenters. The minimum atomic E-state index is 0.164. The van der Waals surface area contributed by atoms with Crippen molar-refractivity contribution in [3.8, 4) is 0 Å². The second kappa shape index (κ2) is 4.13. The second-order valence-electron chi connectivity index (χ2n) is 3.59. The second-order valence-corrected chi connectivity index (χ2v) is 4.15. The Hall–Kier alpha value is -0.830. The van der Waals surface area contributed by atoms with Crippen LogP contribution < -0.4 is 5.32 Å². The van der Waals surface area contributed by atoms with Crippen LogP contribution in [-0.2, 0) is 10.1 Å². The molecule has 1 aromatic carbocycles. The van der Waals surface area contributed by atoms with E-state index in [9.17, 15) is 4.79 Å². The van der Waals surface area contributed by atoms with Crippen molar-refractivity contribution in [2.75, 3.05) is 5.32 Å². The normalized spacial score (nSPS) is 15.2. The van der Waals surface area contributed by atoms with E-state index < -0.39 is 0 Å². The van der Waals surface area contributed by atoms with Gasteiger partial charge in [0.15, 0.2) is 0 Å². The van der Waals surface area contributed by atoms with Gasteiger partial charge in [-0.2, -0.15) is 0 Å². The van der Waals surface area contributed by atoms with Crippen molar-refractivity contribution in [1.29, 1.82) is 0 Å². The molecule has 1 saturated carbocycles. The van der Waals surface area contributed by atoms with Crippen LogP contribution in [0.25, 0.3) is 0 Å². The molecule has 1 aromatic rings. The number of anilines is 1. The fourth-order valence-electron chi connectivity index (χ4n) is 1.27. The van der Waals surface area contributed by atoms with Crippen LogP contribution in [0.5, 0.6) is 0 Å². The lowest BCUT2D eigenvalue weighted by Gasteiger charge is -2.04. The van der Waals surface area contributed by atoms with E-state index in [1.807, 2.05) is 24.3 Å². The lowest BCUT2D eigenvalue weighted by Crippen LogP contribution is -2.13. The Morgan fingerprint density at radius 2 is 2.00 bits per heavy atom. The number of carbonyl (C=O) groups is 1. The van der Waals surface area contributed by atoms with Gasteiger partial charge >= 0.3 is 0 Å². The maximum atomic E-state index is 11.4. The summed E-state index contributed by atoms with van der Waals surface area (Å²) in [5, 5.41) is 3.75. The molecule has 0 aromatic heterocycles. The average Bonchev–Trinajstić information content (AvgIpc) is 3.02. The van der Waals surface area contributed by atoms with Gasteiger partial charge in [-0.1, -0.05) is 28.1 Å². The molecule has 2 nitrogen and oxygen atoms in total. The van der Waals surface area contributed by atoms with E-state index >= 15 is 0 Å². The van der Waals surface area contributed by atoms with Gasteiger partial charge in [0.05, 0.1) is 0 Å². The molecule has 1 amide bonds. The first-order chi connectivity index (χ1) is 6.79. The predicted octanol–water partition coefficient (Wildman–Crippen LogP) is 2.93. The lowest BCUT2D eigenvalue weighted by molar-refractivity contribution is -0.117. The van der Waals surface area contributed by atoms with E-state index in [1.54, 1.807) is 0 Å². The fourth-order valence-corrected chi connectivity index (χ4v) is 1.64. The molecule has 1 fully saturated rings. The van der Waals surface area contributed by atoms with Crippen molar-refractivity contribution in [1.82, 2.24) is 0 Å². The Balaban J connectivity index is 1.98. The quantitative estimate of drug-likeness (QED) is 0.825. The molecule has 0 bridgehead atoms. The number of nitrogens with one attached hydrogen (secondary N) is 1. The molecule has 3 heteroatoms. The zero-order valence-electron chi connectivity index (χ0n) is 7.79. The minimum Gasteiger partial charge on any atom is -0.326 e. The average molecular weight is 254 g/mol. The summed E-state index contributed by atoms with van der Waals surface area (Å²) in [6.07, 6.45) is 2.09. The maximum absolute atomic E-state index is 11.4. The maximum Gasteiger partial charge on any atom is 0.227 e. The van der Waals surface area contributed by atoms with Crippen LogP contribution in [0.3, 0.4) is 0 Å². The number of benzene rings is 1. The van der Waals surface area contributed by atoms with Crippen LogP contribution in [0.2, 0.25) is 0 Å². The highest BCUT2D eigenvalue weighted by Crippen LogP contribution is 2.30. The Morgan fingerprint density at radius 1 is 1.36 bits per heavy atom. The van der Waals surface area contributed by atoms with Crippen molar-refractivity contribution in [3.05, 3.63) is 29.8 Å². The highest BCUT2D eigenvalue weighted by Gasteiger charge is 2.29. The third-order valence-corrected chi connectivity index (χ3v) is 2.97. The van der Waals surface area contributed by atoms with E-state index in [0.717, 1.165) is 23.9 Å². The van der Waals surface area contributed by atoms with Gasteiger partial charge in [0, 0.05) is 16.9 Å². The number of hydrogen-bond acceptors (Lipinski definition) is 1. The Morgan fingerprint density at radius 3 is 2.50 bits per heavy atom. The van der Waals surface area contributed by atoms with Gasteiger partial charge in [0.2, 0.25) is 5.91 Å². The molecule has 0 radical (unpaired) electrons. The van der Waals surface area contributed by atoms with Crippen LogP contribution in [0.15, 0.2) is 24.3 Å². The standard InChI is InChI=1S/C11H12BrNO/c12-7-8-1-5-10(6-2-8)13-11(14)9-3-4-9/h1-2,5-6,9H,3-4,7H2,(H,13,14). The van der Waals surface area contributed by atoms with Gasteiger partial charge in [0.25, 0.3) is 0 Å². The van der Waals surface area contributed by atoms with Crippen molar-refractivity contribution in [3.63, 3.8) is 0 Å². The number of hydrogen-bond donors (Lipinski definition) is 1. The molecular formula is C11H12BrNO. The van der Waals surface area contributed by atoms with Crippen molar-refractivity contribution in [2.45, 2.75) is 18.2 Å². The number of amides is 1. The Bertz CT molecular complexity index is 330. The zero-order chi connectivity index (χ0) is 9.97. The summed E-state index contributed by atoms with van der Waals surface area (Å²) in [6, 6.07) is 7.91. The summed E-state index contributed by atoms with van der Waals surface area (Å²) in [5.41, 5.74) is 2.11. The third-order valence-electron chi connectivity index (χ3n) is 2.32. The topological polar surface area (TPSA) is 29.1 Å². The molecule has 1 aliphatic rings. The summed E-state index contributed by atoms with van der Waals surface area (Å²) < 4.78 is 0. The summed E-state index contributed by atoms with van der Waals surface area (Å²) in [5.74, 6) is 0.433. The van der Waals surface area contributed by atoms with Crippen LogP contribution in [0.1, 0.15) is 18.4 Å². The SMILES string of the molecule is O=C(Nc1ccc(CBr)cc1)C1CC1. The highest BCUT2D eigenvalue weighted by molar-refractivity contribution is 9.08. The zero-order valence-corrected chi connectivity index (χ0v) is 9.38. The molecule has 2 rings (SSSR count). The first-order valence-corrected chi connectivity index (χ1v) is 5.87. The van der Waals surface area contributed by atoms with Crippen LogP contribution in [0, 0.1) is 5.92 Å². The van der Waals surface area contributed by atoms with E-state index in [1.165, 1.54) is 5.56 Å². The van der Waals surface area contributed by atoms with Gasteiger partial charge in [-0.25, -0.2) is 0 Å². The number of alkyl halides is 1. The number of carbonyl (C=O) groups excluding carboxylic acids is 1. The molecule has 0 heterocycles. The van der Waals surface area contributed by atoms with Crippen LogP contribution in [0.4, 0.5) is 5.69 Å². The Labute approximate surface area is 91.8 Å². The predicted molar refractivity (Wildman–Crippen MR) is 60.4 cm³/mol. The summed E-state index contributed by atoms with van der Waals surface area (Å²) in [4.78, 5) is 11.4. The minimum absolute atomic E-state index is 0.164. The molecule has 74 valence electrons. The number of halogens is 1. The largest absolute Gasteiger partial charge is 0.326 e. The van der Waals surface area contributed by atoms with Crippen molar-refractivity contribution in [2.24, 2.45) is 5.92 Å². The van der Waals surface area contributed by atoms with Crippen molar-refractivity contribution >= 4 is 27.5 Å². The molecular weight excluding hydrogens is 242 g/mol. The molecule has 0 aliphatic heterocycles. The van der Waals surface area contributed by atoms with Gasteiger partial charge in [-0.05, 0) is 30.5 Å². The van der Waals surface area contributed by atoms with Gasteiger partial charge in [0.1, 0.15) is 0 Å². The number of rotatable bonds is 3.